The minimum absolute atomic E-state index is 0.0163. The Balaban J connectivity index is 2.39. The van der Waals surface area contributed by atoms with Crippen molar-refractivity contribution in [1.29, 1.82) is 0 Å². The first-order valence-corrected chi connectivity index (χ1v) is 7.56. The van der Waals surface area contributed by atoms with Crippen LogP contribution in [-0.4, -0.2) is 46.6 Å². The zero-order valence-corrected chi connectivity index (χ0v) is 11.6. The molecule has 1 heterocycles. The van der Waals surface area contributed by atoms with Crippen LogP contribution in [0.25, 0.3) is 0 Å². The molecule has 2 rings (SSSR count). The highest BCUT2D eigenvalue weighted by atomic mass is 32.2. The summed E-state index contributed by atoms with van der Waals surface area (Å²) in [5, 5.41) is 14.5. The Bertz CT molecular complexity index is 575. The molecule has 8 heteroatoms. The maximum absolute atomic E-state index is 12.5. The molecule has 0 radical (unpaired) electrons. The average Bonchev–Trinajstić information content (AvgIpc) is 2.99. The Morgan fingerprint density at radius 1 is 1.58 bits per heavy atom. The predicted molar refractivity (Wildman–Crippen MR) is 67.3 cm³/mol. The lowest BCUT2D eigenvalue weighted by atomic mass is 10.2. The van der Waals surface area contributed by atoms with E-state index < -0.39 is 16.0 Å². The van der Waals surface area contributed by atoms with E-state index in [1.54, 1.807) is 0 Å². The molecule has 106 valence electrons. The van der Waals surface area contributed by atoms with Crippen LogP contribution in [0, 0.1) is 5.92 Å². The topological polar surface area (TPSA) is 103 Å². The summed E-state index contributed by atoms with van der Waals surface area (Å²) in [6, 6.07) is -0.0163. The summed E-state index contributed by atoms with van der Waals surface area (Å²) in [6.07, 6.45) is 2.67. The van der Waals surface area contributed by atoms with Gasteiger partial charge in [0, 0.05) is 12.6 Å². The number of carboxylic acid groups (broad SMARTS) is 1. The maximum Gasteiger partial charge on any atom is 0.340 e. The molecule has 0 unspecified atom stereocenters. The quantitative estimate of drug-likeness (QED) is 0.809. The van der Waals surface area contributed by atoms with Gasteiger partial charge in [-0.2, -0.15) is 9.40 Å². The third kappa shape index (κ3) is 2.79. The summed E-state index contributed by atoms with van der Waals surface area (Å²) in [6.45, 7) is 4.23. The summed E-state index contributed by atoms with van der Waals surface area (Å²) in [7, 11) is -3.83. The number of aromatic carboxylic acids is 1. The molecule has 1 aromatic rings. The zero-order chi connectivity index (χ0) is 14.2. The number of H-pyrrole nitrogens is 1. The van der Waals surface area contributed by atoms with Gasteiger partial charge in [-0.1, -0.05) is 13.8 Å². The smallest absolute Gasteiger partial charge is 0.340 e. The van der Waals surface area contributed by atoms with Crippen molar-refractivity contribution in [3.05, 3.63) is 11.8 Å². The van der Waals surface area contributed by atoms with Gasteiger partial charge >= 0.3 is 5.97 Å². The van der Waals surface area contributed by atoms with E-state index in [2.05, 4.69) is 10.2 Å². The number of carbonyl (C=O) groups is 1. The van der Waals surface area contributed by atoms with Crippen LogP contribution in [0.2, 0.25) is 0 Å². The van der Waals surface area contributed by atoms with E-state index in [0.29, 0.717) is 6.54 Å². The highest BCUT2D eigenvalue weighted by Crippen LogP contribution is 2.33. The van der Waals surface area contributed by atoms with Gasteiger partial charge in [0.15, 0.2) is 5.03 Å². The molecule has 1 saturated carbocycles. The van der Waals surface area contributed by atoms with Crippen LogP contribution in [-0.2, 0) is 10.0 Å². The van der Waals surface area contributed by atoms with Crippen molar-refractivity contribution in [3.63, 3.8) is 0 Å². The molecular weight excluding hydrogens is 270 g/mol. The van der Waals surface area contributed by atoms with E-state index in [-0.39, 0.29) is 22.5 Å². The van der Waals surface area contributed by atoms with Crippen LogP contribution in [0.4, 0.5) is 0 Å². The molecule has 1 fully saturated rings. The largest absolute Gasteiger partial charge is 0.478 e. The Kier molecular flexibility index (Phi) is 3.64. The maximum atomic E-state index is 12.5. The van der Waals surface area contributed by atoms with Gasteiger partial charge in [0.05, 0.1) is 6.20 Å². The van der Waals surface area contributed by atoms with Crippen molar-refractivity contribution in [2.24, 2.45) is 5.92 Å². The van der Waals surface area contributed by atoms with E-state index >= 15 is 0 Å². The van der Waals surface area contributed by atoms with Crippen molar-refractivity contribution in [2.75, 3.05) is 6.54 Å². The van der Waals surface area contributed by atoms with Crippen LogP contribution in [0.1, 0.15) is 37.0 Å². The van der Waals surface area contributed by atoms with Gasteiger partial charge in [0.2, 0.25) is 0 Å². The molecule has 1 aliphatic carbocycles. The first-order valence-electron chi connectivity index (χ1n) is 6.12. The molecule has 0 atom stereocenters. The van der Waals surface area contributed by atoms with Gasteiger partial charge in [0.1, 0.15) is 5.56 Å². The van der Waals surface area contributed by atoms with Crippen molar-refractivity contribution in [3.8, 4) is 0 Å². The second-order valence-corrected chi connectivity index (χ2v) is 6.95. The number of carboxylic acids is 1. The van der Waals surface area contributed by atoms with Gasteiger partial charge in [0.25, 0.3) is 10.0 Å². The van der Waals surface area contributed by atoms with Gasteiger partial charge in [-0.15, -0.1) is 0 Å². The lowest BCUT2D eigenvalue weighted by Gasteiger charge is -2.23. The fourth-order valence-corrected chi connectivity index (χ4v) is 3.82. The fourth-order valence-electron chi connectivity index (χ4n) is 1.91. The molecule has 1 aliphatic rings. The number of rotatable bonds is 6. The SMILES string of the molecule is CC(C)CN(C1CC1)S(=O)(=O)c1[nH]ncc1C(=O)O. The predicted octanol–water partition coefficient (Wildman–Crippen LogP) is 0.917. The molecule has 7 nitrogen and oxygen atoms in total. The van der Waals surface area contributed by atoms with Crippen LogP contribution in [0.3, 0.4) is 0 Å². The Hall–Kier alpha value is -1.41. The molecule has 0 bridgehead atoms. The summed E-state index contributed by atoms with van der Waals surface area (Å²) in [5.41, 5.74) is -0.311. The minimum Gasteiger partial charge on any atom is -0.478 e. The van der Waals surface area contributed by atoms with Gasteiger partial charge in [-0.05, 0) is 18.8 Å². The molecule has 19 heavy (non-hydrogen) atoms. The van der Waals surface area contributed by atoms with Gasteiger partial charge in [-0.25, -0.2) is 13.2 Å². The molecule has 0 spiro atoms. The average molecular weight is 287 g/mol. The Labute approximate surface area is 111 Å². The van der Waals surface area contributed by atoms with Gasteiger partial charge < -0.3 is 5.11 Å². The van der Waals surface area contributed by atoms with E-state index in [1.165, 1.54) is 4.31 Å². The van der Waals surface area contributed by atoms with E-state index in [9.17, 15) is 13.2 Å². The fraction of sp³-hybridized carbons (Fsp3) is 0.636. The number of aromatic nitrogens is 2. The Morgan fingerprint density at radius 3 is 2.68 bits per heavy atom. The molecule has 1 aromatic heterocycles. The molecule has 2 N–H and O–H groups in total. The van der Waals surface area contributed by atoms with Gasteiger partial charge in [-0.3, -0.25) is 5.10 Å². The highest BCUT2D eigenvalue weighted by Gasteiger charge is 2.40. The van der Waals surface area contributed by atoms with Crippen LogP contribution in [0.5, 0.6) is 0 Å². The molecule has 0 aromatic carbocycles. The molecule has 0 aliphatic heterocycles. The number of hydrogen-bond acceptors (Lipinski definition) is 4. The highest BCUT2D eigenvalue weighted by molar-refractivity contribution is 7.89. The summed E-state index contributed by atoms with van der Waals surface area (Å²) in [5.74, 6) is -1.13. The number of aromatic amines is 1. The second-order valence-electron chi connectivity index (χ2n) is 5.12. The molecular formula is C11H17N3O4S. The minimum atomic E-state index is -3.83. The second kappa shape index (κ2) is 4.93. The van der Waals surface area contributed by atoms with E-state index in [4.69, 9.17) is 5.11 Å². The lowest BCUT2D eigenvalue weighted by Crippen LogP contribution is -2.37. The first-order chi connectivity index (χ1) is 8.84. The van der Waals surface area contributed by atoms with Crippen LogP contribution in [0.15, 0.2) is 11.2 Å². The Morgan fingerprint density at radius 2 is 2.21 bits per heavy atom. The third-order valence-corrected chi connectivity index (χ3v) is 4.79. The number of hydrogen-bond donors (Lipinski definition) is 2. The number of nitrogens with zero attached hydrogens (tertiary/aromatic N) is 2. The van der Waals surface area contributed by atoms with E-state index in [0.717, 1.165) is 19.0 Å². The zero-order valence-electron chi connectivity index (χ0n) is 10.8. The monoisotopic (exact) mass is 287 g/mol. The lowest BCUT2D eigenvalue weighted by molar-refractivity contribution is 0.0692. The van der Waals surface area contributed by atoms with Crippen LogP contribution < -0.4 is 0 Å². The normalized spacial score (nSPS) is 16.2. The van der Waals surface area contributed by atoms with E-state index in [1.807, 2.05) is 13.8 Å². The van der Waals surface area contributed by atoms with Crippen molar-refractivity contribution >= 4 is 16.0 Å². The molecule has 0 amide bonds. The van der Waals surface area contributed by atoms with Crippen molar-refractivity contribution in [1.82, 2.24) is 14.5 Å². The van der Waals surface area contributed by atoms with Crippen molar-refractivity contribution < 1.29 is 18.3 Å². The van der Waals surface area contributed by atoms with Crippen molar-refractivity contribution in [2.45, 2.75) is 37.8 Å². The summed E-state index contributed by atoms with van der Waals surface area (Å²) in [4.78, 5) is 11.0. The molecule has 0 saturated heterocycles. The number of sulfonamides is 1. The summed E-state index contributed by atoms with van der Waals surface area (Å²) >= 11 is 0. The standard InChI is InChI=1S/C11H17N3O4S/c1-7(2)6-14(8-3-4-8)19(17,18)10-9(11(15)16)5-12-13-10/h5,7-8H,3-4,6H2,1-2H3,(H,12,13)(H,15,16). The summed E-state index contributed by atoms with van der Waals surface area (Å²) < 4.78 is 26.4. The first kappa shape index (κ1) is 14.0. The van der Waals surface area contributed by atoms with Crippen LogP contribution >= 0.6 is 0 Å². The number of nitrogens with one attached hydrogen (secondary N) is 1. The third-order valence-electron chi connectivity index (χ3n) is 2.90.